The largest absolute Gasteiger partial charge is 0.468 e. The van der Waals surface area contributed by atoms with E-state index in [4.69, 9.17) is 9.16 Å². The van der Waals surface area contributed by atoms with Gasteiger partial charge in [0.25, 0.3) is 8.32 Å². The molecule has 7 nitrogen and oxygen atoms in total. The van der Waals surface area contributed by atoms with Crippen molar-refractivity contribution in [3.8, 4) is 0 Å². The number of nitrogens with one attached hydrogen (secondary N) is 1. The van der Waals surface area contributed by atoms with Gasteiger partial charge < -0.3 is 19.4 Å². The number of nitrogens with zero attached hydrogens (tertiary/aromatic N) is 1. The van der Waals surface area contributed by atoms with Crippen LogP contribution in [0.15, 0.2) is 84.9 Å². The molecule has 0 aliphatic carbocycles. The summed E-state index contributed by atoms with van der Waals surface area (Å²) in [7, 11) is -1.46. The number of amides is 2. The first-order valence-electron chi connectivity index (χ1n) is 15.2. The van der Waals surface area contributed by atoms with E-state index >= 15 is 0 Å². The van der Waals surface area contributed by atoms with Crippen molar-refractivity contribution >= 4 is 42.2 Å². The van der Waals surface area contributed by atoms with Crippen molar-refractivity contribution in [2.75, 3.05) is 25.6 Å². The minimum atomic E-state index is -2.80. The number of para-hydroxylation sites is 1. The van der Waals surface area contributed by atoms with Gasteiger partial charge in [-0.2, -0.15) is 0 Å². The predicted octanol–water partition coefficient (Wildman–Crippen LogP) is 4.25. The molecule has 0 unspecified atom stereocenters. The lowest BCUT2D eigenvalue weighted by atomic mass is 9.68. The zero-order valence-corrected chi connectivity index (χ0v) is 26.3. The van der Waals surface area contributed by atoms with Crippen LogP contribution in [0, 0.1) is 11.8 Å². The van der Waals surface area contributed by atoms with Crippen molar-refractivity contribution in [3.05, 3.63) is 90.5 Å². The molecule has 1 spiro atoms. The first-order chi connectivity index (χ1) is 20.6. The second kappa shape index (κ2) is 11.1. The molecule has 8 heteroatoms. The summed E-state index contributed by atoms with van der Waals surface area (Å²) in [4.78, 5) is 42.5. The van der Waals surface area contributed by atoms with Crippen LogP contribution in [0.5, 0.6) is 0 Å². The first kappa shape index (κ1) is 29.3. The number of hydrogen-bond donors (Lipinski definition) is 1. The molecule has 3 aliphatic rings. The fraction of sp³-hybridized carbons (Fsp3) is 0.400. The number of benzene rings is 3. The fourth-order valence-electron chi connectivity index (χ4n) is 8.03. The Morgan fingerprint density at radius 1 is 0.953 bits per heavy atom. The van der Waals surface area contributed by atoms with Crippen molar-refractivity contribution in [1.82, 2.24) is 4.90 Å². The third-order valence-electron chi connectivity index (χ3n) is 9.98. The number of methoxy groups -OCH3 is 1. The number of piperidine rings is 1. The summed E-state index contributed by atoms with van der Waals surface area (Å²) in [6, 6.07) is 28.3. The molecule has 3 aromatic carbocycles. The molecule has 0 bridgehead atoms. The van der Waals surface area contributed by atoms with Gasteiger partial charge in [0.2, 0.25) is 11.8 Å². The average molecular weight is 597 g/mol. The van der Waals surface area contributed by atoms with Crippen molar-refractivity contribution in [2.45, 2.75) is 56.5 Å². The van der Waals surface area contributed by atoms with E-state index in [1.807, 2.05) is 36.4 Å². The highest BCUT2D eigenvalue weighted by Gasteiger charge is 2.63. The van der Waals surface area contributed by atoms with Gasteiger partial charge in [-0.1, -0.05) is 99.6 Å². The maximum absolute atomic E-state index is 14.0. The third kappa shape index (κ3) is 4.54. The van der Waals surface area contributed by atoms with Crippen LogP contribution in [0.1, 0.15) is 45.6 Å². The Morgan fingerprint density at radius 2 is 1.56 bits per heavy atom. The number of carbonyl (C=O) groups is 3. The van der Waals surface area contributed by atoms with E-state index in [0.29, 0.717) is 32.4 Å². The highest BCUT2D eigenvalue weighted by Crippen LogP contribution is 2.53. The summed E-state index contributed by atoms with van der Waals surface area (Å²) >= 11 is 0. The van der Waals surface area contributed by atoms with Crippen molar-refractivity contribution < 1.29 is 23.5 Å². The van der Waals surface area contributed by atoms with Gasteiger partial charge in [-0.3, -0.25) is 14.4 Å². The Kier molecular flexibility index (Phi) is 7.55. The standard InChI is InChI=1S/C35H40N2O5Si/c1-34(2,3)43(25-13-7-5-8-14-25,26-15-9-6-10-16-26)42-22-19-24-23-29-35(27-17-11-12-18-28(27)36-33(35)40)20-21-37(29)31(38)30(24)32(39)41-4/h5-18,24,29-30H,19-23H2,1-4H3,(H,36,40)/t24-,29-,30-,35-/m0/s1. The maximum atomic E-state index is 14.0. The molecule has 1 N–H and O–H groups in total. The molecule has 3 heterocycles. The van der Waals surface area contributed by atoms with E-state index in [1.165, 1.54) is 17.5 Å². The minimum absolute atomic E-state index is 0.0622. The molecule has 3 aliphatic heterocycles. The molecule has 2 fully saturated rings. The van der Waals surface area contributed by atoms with E-state index in [2.05, 4.69) is 74.6 Å². The number of carbonyl (C=O) groups excluding carboxylic acids is 3. The Labute approximate surface area is 254 Å². The zero-order chi connectivity index (χ0) is 30.4. The third-order valence-corrected chi connectivity index (χ3v) is 15.0. The van der Waals surface area contributed by atoms with Crippen LogP contribution < -0.4 is 15.7 Å². The lowest BCUT2D eigenvalue weighted by Crippen LogP contribution is -2.66. The maximum Gasteiger partial charge on any atom is 0.318 e. The van der Waals surface area contributed by atoms with Gasteiger partial charge in [0.1, 0.15) is 5.92 Å². The number of fused-ring (bicyclic) bond motifs is 4. The number of esters is 1. The van der Waals surface area contributed by atoms with E-state index < -0.39 is 25.6 Å². The van der Waals surface area contributed by atoms with Gasteiger partial charge in [0.15, 0.2) is 0 Å². The van der Waals surface area contributed by atoms with Crippen LogP contribution >= 0.6 is 0 Å². The summed E-state index contributed by atoms with van der Waals surface area (Å²) in [5.74, 6) is -2.06. The van der Waals surface area contributed by atoms with Crippen LogP contribution in [-0.4, -0.2) is 57.3 Å². The monoisotopic (exact) mass is 596 g/mol. The molecule has 2 saturated heterocycles. The predicted molar refractivity (Wildman–Crippen MR) is 169 cm³/mol. The molecule has 4 atom stereocenters. The molecule has 3 aromatic rings. The van der Waals surface area contributed by atoms with Crippen LogP contribution in [0.3, 0.4) is 0 Å². The fourth-order valence-corrected chi connectivity index (χ4v) is 12.6. The van der Waals surface area contributed by atoms with E-state index in [-0.39, 0.29) is 28.8 Å². The van der Waals surface area contributed by atoms with Gasteiger partial charge in [-0.25, -0.2) is 0 Å². The van der Waals surface area contributed by atoms with Gasteiger partial charge >= 0.3 is 5.97 Å². The van der Waals surface area contributed by atoms with Gasteiger partial charge in [-0.15, -0.1) is 0 Å². The highest BCUT2D eigenvalue weighted by atomic mass is 28.4. The highest BCUT2D eigenvalue weighted by molar-refractivity contribution is 6.99. The molecule has 0 aromatic heterocycles. The number of hydrogen-bond acceptors (Lipinski definition) is 5. The van der Waals surface area contributed by atoms with Gasteiger partial charge in [-0.05, 0) is 52.2 Å². The summed E-state index contributed by atoms with van der Waals surface area (Å²) in [6.45, 7) is 7.51. The van der Waals surface area contributed by atoms with Crippen LogP contribution in [-0.2, 0) is 29.0 Å². The minimum Gasteiger partial charge on any atom is -0.468 e. The quantitative estimate of drug-likeness (QED) is 0.251. The van der Waals surface area contributed by atoms with E-state index in [9.17, 15) is 14.4 Å². The second-order valence-electron chi connectivity index (χ2n) is 13.1. The topological polar surface area (TPSA) is 84.9 Å². The van der Waals surface area contributed by atoms with Crippen LogP contribution in [0.2, 0.25) is 5.04 Å². The van der Waals surface area contributed by atoms with Crippen LogP contribution in [0.25, 0.3) is 0 Å². The summed E-state index contributed by atoms with van der Waals surface area (Å²) in [5.41, 5.74) is 0.937. The first-order valence-corrected chi connectivity index (χ1v) is 17.1. The normalized spacial score (nSPS) is 24.9. The van der Waals surface area contributed by atoms with Gasteiger partial charge in [0.05, 0.1) is 18.6 Å². The zero-order valence-electron chi connectivity index (χ0n) is 25.3. The molecular formula is C35H40N2O5Si. The summed E-state index contributed by atoms with van der Waals surface area (Å²) in [5, 5.41) is 5.23. The smallest absolute Gasteiger partial charge is 0.318 e. The number of ether oxygens (including phenoxy) is 1. The Bertz CT molecular complexity index is 1480. The summed E-state index contributed by atoms with van der Waals surface area (Å²) < 4.78 is 12.3. The average Bonchev–Trinajstić information content (AvgIpc) is 3.53. The number of rotatable bonds is 7. The molecule has 224 valence electrons. The Balaban J connectivity index is 1.34. The van der Waals surface area contributed by atoms with Crippen molar-refractivity contribution in [3.63, 3.8) is 0 Å². The SMILES string of the molecule is COC(=O)[C@@H]1C(=O)N2CC[C@@]3(C(=O)Nc4ccccc43)[C@@H]2C[C@@H]1CCO[Si](c1ccccc1)(c1ccccc1)C(C)(C)C. The van der Waals surface area contributed by atoms with E-state index in [0.717, 1.165) is 11.3 Å². The molecular weight excluding hydrogens is 556 g/mol. The Hall–Kier alpha value is -3.75. The lowest BCUT2D eigenvalue weighted by Gasteiger charge is -2.45. The molecule has 43 heavy (non-hydrogen) atoms. The summed E-state index contributed by atoms with van der Waals surface area (Å²) in [6.07, 6.45) is 1.56. The molecule has 6 rings (SSSR count). The second-order valence-corrected chi connectivity index (χ2v) is 17.4. The van der Waals surface area contributed by atoms with Crippen LogP contribution in [0.4, 0.5) is 5.69 Å². The lowest BCUT2D eigenvalue weighted by molar-refractivity contribution is -0.161. The van der Waals surface area contributed by atoms with E-state index in [1.54, 1.807) is 4.90 Å². The van der Waals surface area contributed by atoms with Crippen molar-refractivity contribution in [2.24, 2.45) is 11.8 Å². The Morgan fingerprint density at radius 3 is 2.16 bits per heavy atom. The molecule has 0 radical (unpaired) electrons. The molecule has 2 amide bonds. The number of anilines is 1. The molecule has 0 saturated carbocycles. The van der Waals surface area contributed by atoms with Crippen molar-refractivity contribution in [1.29, 1.82) is 0 Å². The van der Waals surface area contributed by atoms with Gasteiger partial charge in [0, 0.05) is 18.8 Å².